The van der Waals surface area contributed by atoms with Crippen molar-refractivity contribution in [3.05, 3.63) is 34.5 Å². The zero-order valence-electron chi connectivity index (χ0n) is 13.9. The number of aryl methyl sites for hydroxylation is 3. The summed E-state index contributed by atoms with van der Waals surface area (Å²) in [5.41, 5.74) is 5.35. The van der Waals surface area contributed by atoms with Gasteiger partial charge in [0.2, 0.25) is 5.91 Å². The lowest BCUT2D eigenvalue weighted by Gasteiger charge is -2.12. The van der Waals surface area contributed by atoms with Gasteiger partial charge in [-0.3, -0.25) is 10.1 Å². The molecule has 24 heavy (non-hydrogen) atoms. The lowest BCUT2D eigenvalue weighted by Crippen LogP contribution is -2.40. The van der Waals surface area contributed by atoms with Gasteiger partial charge in [-0.25, -0.2) is 8.78 Å². The lowest BCUT2D eigenvalue weighted by molar-refractivity contribution is -0.123. The second-order valence-electron chi connectivity index (χ2n) is 6.43. The first kappa shape index (κ1) is 18.7. The van der Waals surface area contributed by atoms with Crippen LogP contribution in [0, 0.1) is 20.8 Å². The van der Waals surface area contributed by atoms with Gasteiger partial charge in [-0.05, 0) is 38.0 Å². The number of aromatic nitrogens is 1. The lowest BCUT2D eigenvalue weighted by atomic mass is 10.0. The molecule has 132 valence electrons. The van der Waals surface area contributed by atoms with E-state index < -0.39 is 24.9 Å². The fraction of sp³-hybridized carbons (Fsp3) is 0.471. The van der Waals surface area contributed by atoms with Crippen molar-refractivity contribution < 1.29 is 13.6 Å². The Morgan fingerprint density at radius 3 is 2.67 bits per heavy atom. The number of amides is 1. The van der Waals surface area contributed by atoms with Gasteiger partial charge in [0.1, 0.15) is 0 Å². The van der Waals surface area contributed by atoms with Crippen LogP contribution in [0.5, 0.6) is 0 Å². The number of fused-ring (bicyclic) bond motifs is 1. The topological polar surface area (TPSA) is 56.9 Å². The van der Waals surface area contributed by atoms with Gasteiger partial charge in [-0.15, -0.1) is 12.4 Å². The highest BCUT2D eigenvalue weighted by atomic mass is 35.5. The summed E-state index contributed by atoms with van der Waals surface area (Å²) >= 11 is 0. The molecular weight excluding hydrogens is 336 g/mol. The second kappa shape index (κ2) is 6.69. The van der Waals surface area contributed by atoms with Crippen LogP contribution in [0.2, 0.25) is 0 Å². The normalized spacial score (nSPS) is 19.3. The highest BCUT2D eigenvalue weighted by Gasteiger charge is 2.42. The average molecular weight is 358 g/mol. The molecule has 7 heteroatoms. The Morgan fingerprint density at radius 1 is 1.33 bits per heavy atom. The number of carbonyl (C=O) groups excluding carboxylic acids is 1. The summed E-state index contributed by atoms with van der Waals surface area (Å²) < 4.78 is 26.4. The second-order valence-corrected chi connectivity index (χ2v) is 6.43. The number of halogens is 3. The maximum atomic E-state index is 13.2. The summed E-state index contributed by atoms with van der Waals surface area (Å²) in [6.07, 6.45) is -0.442. The molecule has 3 rings (SSSR count). The van der Waals surface area contributed by atoms with Crippen LogP contribution in [0.15, 0.2) is 12.1 Å². The summed E-state index contributed by atoms with van der Waals surface area (Å²) in [7, 11) is 0. The van der Waals surface area contributed by atoms with Gasteiger partial charge in [0.25, 0.3) is 5.92 Å². The maximum absolute atomic E-state index is 13.2. The molecule has 1 fully saturated rings. The first-order chi connectivity index (χ1) is 10.8. The number of carbonyl (C=O) groups is 1. The van der Waals surface area contributed by atoms with Crippen LogP contribution in [0.4, 0.5) is 8.78 Å². The van der Waals surface area contributed by atoms with E-state index in [1.807, 2.05) is 19.9 Å². The van der Waals surface area contributed by atoms with Crippen molar-refractivity contribution in [3.8, 4) is 0 Å². The Hall–Kier alpha value is -1.66. The third kappa shape index (κ3) is 3.54. The summed E-state index contributed by atoms with van der Waals surface area (Å²) in [6.45, 7) is 5.96. The van der Waals surface area contributed by atoms with Crippen molar-refractivity contribution in [2.24, 2.45) is 0 Å². The predicted octanol–water partition coefficient (Wildman–Crippen LogP) is 3.13. The van der Waals surface area contributed by atoms with E-state index in [1.165, 1.54) is 5.56 Å². The number of H-pyrrole nitrogens is 1. The molecular formula is C17H22ClF2N3O. The van der Waals surface area contributed by atoms with E-state index >= 15 is 0 Å². The highest BCUT2D eigenvalue weighted by Crippen LogP contribution is 2.27. The number of hydrogen-bond donors (Lipinski definition) is 3. The summed E-state index contributed by atoms with van der Waals surface area (Å²) in [4.78, 5) is 15.4. The molecule has 1 aliphatic rings. The van der Waals surface area contributed by atoms with Gasteiger partial charge in [0.15, 0.2) is 0 Å². The molecule has 1 unspecified atom stereocenters. The van der Waals surface area contributed by atoms with Crippen molar-refractivity contribution in [2.75, 3.05) is 6.54 Å². The van der Waals surface area contributed by atoms with Crippen LogP contribution >= 0.6 is 12.4 Å². The van der Waals surface area contributed by atoms with Crippen LogP contribution in [-0.2, 0) is 11.3 Å². The Bertz CT molecular complexity index is 773. The predicted molar refractivity (Wildman–Crippen MR) is 93.0 cm³/mol. The van der Waals surface area contributed by atoms with E-state index in [0.29, 0.717) is 6.54 Å². The minimum absolute atomic E-state index is 0. The van der Waals surface area contributed by atoms with Gasteiger partial charge in [-0.1, -0.05) is 11.6 Å². The van der Waals surface area contributed by atoms with E-state index in [2.05, 4.69) is 28.6 Å². The first-order valence-electron chi connectivity index (χ1n) is 7.74. The Labute approximate surface area is 145 Å². The third-order valence-corrected chi connectivity index (χ3v) is 4.52. The Balaban J connectivity index is 0.00000208. The number of benzene rings is 1. The Morgan fingerprint density at radius 2 is 2.04 bits per heavy atom. The van der Waals surface area contributed by atoms with Crippen molar-refractivity contribution in [1.82, 2.24) is 15.6 Å². The molecule has 0 bridgehead atoms. The number of alkyl halides is 2. The van der Waals surface area contributed by atoms with Gasteiger partial charge < -0.3 is 10.3 Å². The van der Waals surface area contributed by atoms with Crippen molar-refractivity contribution in [2.45, 2.75) is 45.7 Å². The molecule has 3 N–H and O–H groups in total. The summed E-state index contributed by atoms with van der Waals surface area (Å²) in [6, 6.07) is 3.30. The first-order valence-corrected chi connectivity index (χ1v) is 7.74. The fourth-order valence-corrected chi connectivity index (χ4v) is 3.13. The fourth-order valence-electron chi connectivity index (χ4n) is 3.13. The molecule has 4 nitrogen and oxygen atoms in total. The molecule has 1 amide bonds. The smallest absolute Gasteiger partial charge is 0.262 e. The van der Waals surface area contributed by atoms with Crippen LogP contribution < -0.4 is 10.6 Å². The monoisotopic (exact) mass is 357 g/mol. The number of hydrogen-bond acceptors (Lipinski definition) is 2. The van der Waals surface area contributed by atoms with E-state index in [9.17, 15) is 13.6 Å². The van der Waals surface area contributed by atoms with Crippen LogP contribution in [0.25, 0.3) is 10.9 Å². The number of rotatable bonds is 3. The molecule has 0 saturated carbocycles. The molecule has 0 spiro atoms. The van der Waals surface area contributed by atoms with E-state index in [0.717, 1.165) is 27.7 Å². The minimum Gasteiger partial charge on any atom is -0.358 e. The molecule has 2 aromatic rings. The zero-order valence-corrected chi connectivity index (χ0v) is 14.7. The molecule has 2 heterocycles. The SMILES string of the molecule is Cc1cc(CNC(=O)C2CC(F)(F)CN2)c2[nH]c(C)c(C)c2c1.Cl. The molecule has 1 atom stereocenters. The average Bonchev–Trinajstić information content (AvgIpc) is 2.98. The molecule has 0 radical (unpaired) electrons. The standard InChI is InChI=1S/C17H21F2N3O.ClH/c1-9-4-12(15-13(5-9)10(2)11(3)22-15)7-20-16(23)14-6-17(18,19)8-21-14;/h4-5,14,21-22H,6-8H2,1-3H3,(H,20,23);1H. The number of aromatic amines is 1. The minimum atomic E-state index is -2.80. The maximum Gasteiger partial charge on any atom is 0.262 e. The van der Waals surface area contributed by atoms with E-state index in [-0.39, 0.29) is 18.3 Å². The number of nitrogens with one attached hydrogen (secondary N) is 3. The van der Waals surface area contributed by atoms with Crippen molar-refractivity contribution in [3.63, 3.8) is 0 Å². The molecule has 1 aromatic carbocycles. The third-order valence-electron chi connectivity index (χ3n) is 4.52. The Kier molecular flexibility index (Phi) is 5.20. The van der Waals surface area contributed by atoms with E-state index in [1.54, 1.807) is 0 Å². The summed E-state index contributed by atoms with van der Waals surface area (Å²) in [5.74, 6) is -3.18. The van der Waals surface area contributed by atoms with Gasteiger partial charge in [-0.2, -0.15) is 0 Å². The van der Waals surface area contributed by atoms with Crippen molar-refractivity contribution >= 4 is 29.2 Å². The summed E-state index contributed by atoms with van der Waals surface area (Å²) in [5, 5.41) is 6.48. The zero-order chi connectivity index (χ0) is 16.8. The van der Waals surface area contributed by atoms with E-state index in [4.69, 9.17) is 0 Å². The highest BCUT2D eigenvalue weighted by molar-refractivity contribution is 5.88. The van der Waals surface area contributed by atoms with Crippen LogP contribution in [-0.4, -0.2) is 29.4 Å². The molecule has 1 aliphatic heterocycles. The van der Waals surface area contributed by atoms with Crippen molar-refractivity contribution in [1.29, 1.82) is 0 Å². The van der Waals surface area contributed by atoms with Gasteiger partial charge in [0.05, 0.1) is 18.1 Å². The quantitative estimate of drug-likeness (QED) is 0.790. The van der Waals surface area contributed by atoms with Crippen LogP contribution in [0.3, 0.4) is 0 Å². The van der Waals surface area contributed by atoms with Gasteiger partial charge in [0, 0.05) is 24.0 Å². The van der Waals surface area contributed by atoms with Gasteiger partial charge >= 0.3 is 0 Å². The van der Waals surface area contributed by atoms with Crippen LogP contribution in [0.1, 0.15) is 28.8 Å². The largest absolute Gasteiger partial charge is 0.358 e. The molecule has 1 aromatic heterocycles. The molecule has 0 aliphatic carbocycles. The molecule has 1 saturated heterocycles.